The molecule has 1 aliphatic rings. The maximum Gasteiger partial charge on any atom is 0.268 e. The SMILES string of the molecule is Cc1cc[nH]c1C(=O)NCC(c1ccc(Cl)cc1)N1CCOCC1. The third kappa shape index (κ3) is 3.98. The van der Waals surface area contributed by atoms with Gasteiger partial charge in [0.2, 0.25) is 0 Å². The quantitative estimate of drug-likeness (QED) is 0.874. The molecule has 0 spiro atoms. The highest BCUT2D eigenvalue weighted by Crippen LogP contribution is 2.23. The first-order valence-electron chi connectivity index (χ1n) is 8.14. The van der Waals surface area contributed by atoms with Crippen LogP contribution in [-0.4, -0.2) is 48.6 Å². The normalized spacial score (nSPS) is 16.8. The number of H-pyrrole nitrogens is 1. The van der Waals surface area contributed by atoms with Gasteiger partial charge in [-0.15, -0.1) is 0 Å². The lowest BCUT2D eigenvalue weighted by atomic mass is 10.0. The summed E-state index contributed by atoms with van der Waals surface area (Å²) in [5, 5.41) is 3.76. The monoisotopic (exact) mass is 347 g/mol. The third-order valence-corrected chi connectivity index (χ3v) is 4.63. The van der Waals surface area contributed by atoms with E-state index in [1.165, 1.54) is 0 Å². The summed E-state index contributed by atoms with van der Waals surface area (Å²) in [6.45, 7) is 5.60. The zero-order valence-corrected chi connectivity index (χ0v) is 14.5. The number of ether oxygens (including phenoxy) is 1. The fourth-order valence-corrected chi connectivity index (χ4v) is 3.13. The van der Waals surface area contributed by atoms with Crippen LogP contribution in [0.25, 0.3) is 0 Å². The highest BCUT2D eigenvalue weighted by molar-refractivity contribution is 6.30. The Morgan fingerprint density at radius 3 is 2.62 bits per heavy atom. The van der Waals surface area contributed by atoms with Gasteiger partial charge < -0.3 is 15.0 Å². The number of nitrogens with zero attached hydrogens (tertiary/aromatic N) is 1. The molecule has 5 nitrogen and oxygen atoms in total. The Hall–Kier alpha value is -1.82. The van der Waals surface area contributed by atoms with E-state index in [-0.39, 0.29) is 11.9 Å². The number of carbonyl (C=O) groups excluding carboxylic acids is 1. The Labute approximate surface area is 146 Å². The number of rotatable bonds is 5. The van der Waals surface area contributed by atoms with Crippen molar-refractivity contribution in [2.24, 2.45) is 0 Å². The minimum Gasteiger partial charge on any atom is -0.379 e. The van der Waals surface area contributed by atoms with E-state index in [2.05, 4.69) is 15.2 Å². The van der Waals surface area contributed by atoms with E-state index in [1.807, 2.05) is 37.3 Å². The van der Waals surface area contributed by atoms with Gasteiger partial charge in [-0.3, -0.25) is 9.69 Å². The molecule has 128 valence electrons. The van der Waals surface area contributed by atoms with Gasteiger partial charge in [-0.25, -0.2) is 0 Å². The molecule has 2 N–H and O–H groups in total. The van der Waals surface area contributed by atoms with Crippen molar-refractivity contribution in [3.8, 4) is 0 Å². The first-order valence-corrected chi connectivity index (χ1v) is 8.52. The van der Waals surface area contributed by atoms with Gasteiger partial charge in [-0.05, 0) is 36.2 Å². The number of hydrogen-bond acceptors (Lipinski definition) is 3. The molecule has 2 aromatic rings. The molecule has 0 saturated carbocycles. The van der Waals surface area contributed by atoms with Crippen LogP contribution >= 0.6 is 11.6 Å². The number of aromatic nitrogens is 1. The fraction of sp³-hybridized carbons (Fsp3) is 0.389. The van der Waals surface area contributed by atoms with Gasteiger partial charge in [-0.2, -0.15) is 0 Å². The zero-order valence-electron chi connectivity index (χ0n) is 13.7. The zero-order chi connectivity index (χ0) is 16.9. The predicted octanol–water partition coefficient (Wildman–Crippen LogP) is 2.78. The van der Waals surface area contributed by atoms with Crippen LogP contribution in [0.2, 0.25) is 5.02 Å². The second-order valence-electron chi connectivity index (χ2n) is 5.96. The van der Waals surface area contributed by atoms with Crippen molar-refractivity contribution in [2.45, 2.75) is 13.0 Å². The number of aryl methyl sites for hydroxylation is 1. The van der Waals surface area contributed by atoms with Gasteiger partial charge in [0, 0.05) is 30.9 Å². The largest absolute Gasteiger partial charge is 0.379 e. The summed E-state index contributed by atoms with van der Waals surface area (Å²) >= 11 is 6.01. The summed E-state index contributed by atoms with van der Waals surface area (Å²) in [5.41, 5.74) is 2.71. The highest BCUT2D eigenvalue weighted by atomic mass is 35.5. The number of halogens is 1. The lowest BCUT2D eigenvalue weighted by Crippen LogP contribution is -2.43. The van der Waals surface area contributed by atoms with Crippen LogP contribution in [0.1, 0.15) is 27.7 Å². The molecule has 1 aromatic heterocycles. The molecule has 1 amide bonds. The van der Waals surface area contributed by atoms with E-state index in [9.17, 15) is 4.79 Å². The number of hydrogen-bond donors (Lipinski definition) is 2. The van der Waals surface area contributed by atoms with Gasteiger partial charge in [0.1, 0.15) is 5.69 Å². The molecule has 0 bridgehead atoms. The smallest absolute Gasteiger partial charge is 0.268 e. The number of nitrogens with one attached hydrogen (secondary N) is 2. The second-order valence-corrected chi connectivity index (χ2v) is 6.40. The average molecular weight is 348 g/mol. The third-order valence-electron chi connectivity index (χ3n) is 4.38. The Kier molecular flexibility index (Phi) is 5.56. The summed E-state index contributed by atoms with van der Waals surface area (Å²) in [5.74, 6) is -0.0790. The van der Waals surface area contributed by atoms with E-state index in [1.54, 1.807) is 6.20 Å². The first-order chi connectivity index (χ1) is 11.6. The van der Waals surface area contributed by atoms with Gasteiger partial charge in [0.05, 0.1) is 19.3 Å². The molecule has 1 atom stereocenters. The minimum atomic E-state index is -0.0790. The van der Waals surface area contributed by atoms with Crippen molar-refractivity contribution < 1.29 is 9.53 Å². The molecule has 2 heterocycles. The van der Waals surface area contributed by atoms with E-state index >= 15 is 0 Å². The standard InChI is InChI=1S/C18H22ClN3O2/c1-13-6-7-20-17(13)18(23)21-12-16(22-8-10-24-11-9-22)14-2-4-15(19)5-3-14/h2-7,16,20H,8-12H2,1H3,(H,21,23). The molecule has 1 saturated heterocycles. The fourth-order valence-electron chi connectivity index (χ4n) is 3.00. The molecule has 3 rings (SSSR count). The predicted molar refractivity (Wildman–Crippen MR) is 94.4 cm³/mol. The molecule has 0 aliphatic carbocycles. The molecule has 1 unspecified atom stereocenters. The van der Waals surface area contributed by atoms with Gasteiger partial charge >= 0.3 is 0 Å². The van der Waals surface area contributed by atoms with E-state index in [4.69, 9.17) is 16.3 Å². The van der Waals surface area contributed by atoms with Crippen molar-refractivity contribution in [2.75, 3.05) is 32.8 Å². The van der Waals surface area contributed by atoms with Crippen LogP contribution in [0.4, 0.5) is 0 Å². The number of carbonyl (C=O) groups is 1. The molecular weight excluding hydrogens is 326 g/mol. The lowest BCUT2D eigenvalue weighted by molar-refractivity contribution is 0.0162. The van der Waals surface area contributed by atoms with Crippen LogP contribution < -0.4 is 5.32 Å². The maximum absolute atomic E-state index is 12.4. The molecule has 0 radical (unpaired) electrons. The molecule has 1 aromatic carbocycles. The van der Waals surface area contributed by atoms with E-state index < -0.39 is 0 Å². The van der Waals surface area contributed by atoms with Gasteiger partial charge in [0.25, 0.3) is 5.91 Å². The number of morpholine rings is 1. The summed E-state index contributed by atoms with van der Waals surface area (Å²) in [6.07, 6.45) is 1.78. The topological polar surface area (TPSA) is 57.4 Å². The van der Waals surface area contributed by atoms with Gasteiger partial charge in [-0.1, -0.05) is 23.7 Å². The highest BCUT2D eigenvalue weighted by Gasteiger charge is 2.23. The van der Waals surface area contributed by atoms with Crippen molar-refractivity contribution in [1.29, 1.82) is 0 Å². The Morgan fingerprint density at radius 1 is 1.29 bits per heavy atom. The van der Waals surface area contributed by atoms with Crippen molar-refractivity contribution in [3.05, 3.63) is 58.4 Å². The number of amides is 1. The van der Waals surface area contributed by atoms with Crippen molar-refractivity contribution >= 4 is 17.5 Å². The Balaban J connectivity index is 1.73. The molecule has 1 fully saturated rings. The summed E-state index contributed by atoms with van der Waals surface area (Å²) in [6, 6.07) is 9.82. The van der Waals surface area contributed by atoms with Gasteiger partial charge in [0.15, 0.2) is 0 Å². The second kappa shape index (κ2) is 7.83. The minimum absolute atomic E-state index is 0.0790. The summed E-state index contributed by atoms with van der Waals surface area (Å²) in [7, 11) is 0. The van der Waals surface area contributed by atoms with Crippen LogP contribution in [0, 0.1) is 6.92 Å². The van der Waals surface area contributed by atoms with Crippen molar-refractivity contribution in [3.63, 3.8) is 0 Å². The Morgan fingerprint density at radius 2 is 2.00 bits per heavy atom. The Bertz CT molecular complexity index is 678. The summed E-state index contributed by atoms with van der Waals surface area (Å²) in [4.78, 5) is 17.7. The lowest BCUT2D eigenvalue weighted by Gasteiger charge is -2.35. The molecule has 24 heavy (non-hydrogen) atoms. The summed E-state index contributed by atoms with van der Waals surface area (Å²) < 4.78 is 5.45. The van der Waals surface area contributed by atoms with Crippen LogP contribution in [-0.2, 0) is 4.74 Å². The van der Waals surface area contributed by atoms with E-state index in [0.29, 0.717) is 30.5 Å². The van der Waals surface area contributed by atoms with Crippen molar-refractivity contribution in [1.82, 2.24) is 15.2 Å². The number of benzene rings is 1. The molecule has 6 heteroatoms. The average Bonchev–Trinajstić information content (AvgIpc) is 3.03. The number of aromatic amines is 1. The molecule has 1 aliphatic heterocycles. The van der Waals surface area contributed by atoms with Crippen LogP contribution in [0.3, 0.4) is 0 Å². The van der Waals surface area contributed by atoms with Crippen LogP contribution in [0.15, 0.2) is 36.5 Å². The maximum atomic E-state index is 12.4. The first kappa shape index (κ1) is 17.0. The molecular formula is C18H22ClN3O2. The van der Waals surface area contributed by atoms with Crippen LogP contribution in [0.5, 0.6) is 0 Å². The van der Waals surface area contributed by atoms with E-state index in [0.717, 1.165) is 24.2 Å².